The van der Waals surface area contributed by atoms with Gasteiger partial charge in [-0.05, 0) is 49.9 Å². The van der Waals surface area contributed by atoms with Crippen molar-refractivity contribution in [3.05, 3.63) is 47.2 Å². The number of carbonyl (C=O) groups is 1. The normalized spacial score (nSPS) is 22.5. The number of piperidine rings is 1. The summed E-state index contributed by atoms with van der Waals surface area (Å²) < 4.78 is 11.7. The van der Waals surface area contributed by atoms with E-state index in [1.165, 1.54) is 0 Å². The second-order valence-electron chi connectivity index (χ2n) is 7.01. The van der Waals surface area contributed by atoms with Crippen molar-refractivity contribution < 1.29 is 19.1 Å². The Morgan fingerprint density at radius 2 is 1.96 bits per heavy atom. The number of ether oxygens (including phenoxy) is 1. The Hall–Kier alpha value is -1.82. The zero-order chi connectivity index (χ0) is 18.1. The molecule has 2 aromatic rings. The van der Waals surface area contributed by atoms with Gasteiger partial charge in [-0.25, -0.2) is 0 Å². The monoisotopic (exact) mass is 375 g/mol. The van der Waals surface area contributed by atoms with Crippen LogP contribution in [0.5, 0.6) is 0 Å². The number of carbonyl (C=O) groups excluding carboxylic acids is 1. The maximum atomic E-state index is 12.8. The summed E-state index contributed by atoms with van der Waals surface area (Å²) >= 11 is 6.20. The van der Waals surface area contributed by atoms with E-state index in [2.05, 4.69) is 0 Å². The average molecular weight is 376 g/mol. The number of halogens is 1. The Kier molecular flexibility index (Phi) is 4.78. The van der Waals surface area contributed by atoms with Gasteiger partial charge >= 0.3 is 0 Å². The zero-order valence-corrected chi connectivity index (χ0v) is 15.2. The van der Waals surface area contributed by atoms with E-state index in [0.29, 0.717) is 49.1 Å². The summed E-state index contributed by atoms with van der Waals surface area (Å²) in [5.74, 6) is 0.753. The lowest BCUT2D eigenvalue weighted by Crippen LogP contribution is -2.56. The van der Waals surface area contributed by atoms with Gasteiger partial charge in [0.25, 0.3) is 5.91 Å². The fourth-order valence-electron chi connectivity index (χ4n) is 3.89. The maximum Gasteiger partial charge on any atom is 0.289 e. The maximum absolute atomic E-state index is 12.8. The van der Waals surface area contributed by atoms with Crippen LogP contribution in [0.3, 0.4) is 0 Å². The lowest BCUT2D eigenvalue weighted by atomic mass is 9.82. The molecule has 1 atom stereocenters. The van der Waals surface area contributed by atoms with E-state index in [0.717, 1.165) is 18.4 Å². The molecule has 1 amide bonds. The number of aliphatic hydroxyl groups is 1. The minimum absolute atomic E-state index is 0.136. The molecule has 1 aromatic heterocycles. The molecule has 2 fully saturated rings. The fraction of sp³-hybridized carbons (Fsp3) is 0.450. The number of hydrogen-bond acceptors (Lipinski definition) is 4. The molecular weight excluding hydrogens is 354 g/mol. The van der Waals surface area contributed by atoms with Crippen molar-refractivity contribution in [1.82, 2.24) is 4.90 Å². The highest BCUT2D eigenvalue weighted by molar-refractivity contribution is 6.33. The van der Waals surface area contributed by atoms with Crippen molar-refractivity contribution in [1.29, 1.82) is 0 Å². The molecule has 0 aliphatic carbocycles. The zero-order valence-electron chi connectivity index (χ0n) is 14.5. The summed E-state index contributed by atoms with van der Waals surface area (Å²) in [5, 5.41) is 10.9. The highest BCUT2D eigenvalue weighted by Crippen LogP contribution is 2.36. The lowest BCUT2D eigenvalue weighted by Gasteiger charge is -2.46. The summed E-state index contributed by atoms with van der Waals surface area (Å²) in [6.07, 6.45) is 2.52. The largest absolute Gasteiger partial charge is 0.451 e. The Bertz CT molecular complexity index is 795. The second-order valence-corrected chi connectivity index (χ2v) is 7.41. The van der Waals surface area contributed by atoms with Crippen molar-refractivity contribution in [2.75, 3.05) is 19.7 Å². The van der Waals surface area contributed by atoms with Crippen molar-refractivity contribution in [3.63, 3.8) is 0 Å². The number of amides is 1. The SMILES string of the molecule is O=C(c1ccc(-c2ccccc2Cl)o1)N1CCC2(CC1)OCCCC2O. The summed E-state index contributed by atoms with van der Waals surface area (Å²) in [5.41, 5.74) is 0.283. The molecule has 138 valence electrons. The summed E-state index contributed by atoms with van der Waals surface area (Å²) in [7, 11) is 0. The fourth-order valence-corrected chi connectivity index (χ4v) is 4.12. The molecule has 3 heterocycles. The van der Waals surface area contributed by atoms with E-state index in [1.54, 1.807) is 23.1 Å². The third-order valence-electron chi connectivity index (χ3n) is 5.47. The van der Waals surface area contributed by atoms with Crippen LogP contribution in [-0.2, 0) is 4.74 Å². The van der Waals surface area contributed by atoms with Crippen molar-refractivity contribution in [2.45, 2.75) is 37.4 Å². The third-order valence-corrected chi connectivity index (χ3v) is 5.80. The second kappa shape index (κ2) is 7.06. The van der Waals surface area contributed by atoms with Gasteiger partial charge in [0, 0.05) is 25.3 Å². The van der Waals surface area contributed by atoms with Crippen molar-refractivity contribution in [3.8, 4) is 11.3 Å². The molecule has 2 aliphatic heterocycles. The Morgan fingerprint density at radius 1 is 1.19 bits per heavy atom. The van der Waals surface area contributed by atoms with Crippen LogP contribution in [0, 0.1) is 0 Å². The van der Waals surface area contributed by atoms with Crippen LogP contribution >= 0.6 is 11.6 Å². The number of rotatable bonds is 2. The Balaban J connectivity index is 1.45. The van der Waals surface area contributed by atoms with Crippen LogP contribution in [0.25, 0.3) is 11.3 Å². The Labute approximate surface area is 157 Å². The standard InChI is InChI=1S/C20H22ClNO4/c21-15-5-2-1-4-14(15)16-7-8-17(26-16)19(24)22-11-9-20(10-12-22)18(23)6-3-13-25-20/h1-2,4-5,7-8,18,23H,3,6,9-13H2. The van der Waals surface area contributed by atoms with Crippen LogP contribution in [0.15, 0.2) is 40.8 Å². The van der Waals surface area contributed by atoms with Crippen LogP contribution < -0.4 is 0 Å². The average Bonchev–Trinajstić information content (AvgIpc) is 3.15. The number of aliphatic hydroxyl groups excluding tert-OH is 1. The van der Waals surface area contributed by atoms with Gasteiger partial charge in [-0.3, -0.25) is 4.79 Å². The molecule has 0 saturated carbocycles. The summed E-state index contributed by atoms with van der Waals surface area (Å²) in [6.45, 7) is 1.79. The minimum Gasteiger partial charge on any atom is -0.451 e. The molecule has 4 rings (SSSR count). The molecule has 1 N–H and O–H groups in total. The third kappa shape index (κ3) is 3.15. The first kappa shape index (κ1) is 17.6. The quantitative estimate of drug-likeness (QED) is 0.868. The van der Waals surface area contributed by atoms with E-state index in [9.17, 15) is 9.90 Å². The van der Waals surface area contributed by atoms with Crippen LogP contribution in [0.2, 0.25) is 5.02 Å². The van der Waals surface area contributed by atoms with Crippen molar-refractivity contribution in [2.24, 2.45) is 0 Å². The topological polar surface area (TPSA) is 62.9 Å². The molecule has 6 heteroatoms. The van der Waals surface area contributed by atoms with Gasteiger partial charge in [-0.1, -0.05) is 23.7 Å². The highest BCUT2D eigenvalue weighted by Gasteiger charge is 2.44. The van der Waals surface area contributed by atoms with Gasteiger partial charge in [0.2, 0.25) is 0 Å². The number of benzene rings is 1. The van der Waals surface area contributed by atoms with Gasteiger partial charge in [-0.2, -0.15) is 0 Å². The molecule has 5 nitrogen and oxygen atoms in total. The first-order chi connectivity index (χ1) is 12.6. The first-order valence-electron chi connectivity index (χ1n) is 9.05. The Morgan fingerprint density at radius 3 is 2.69 bits per heavy atom. The predicted octanol–water partition coefficient (Wildman–Crippen LogP) is 3.75. The molecule has 2 aliphatic rings. The lowest BCUT2D eigenvalue weighted by molar-refractivity contribution is -0.174. The smallest absolute Gasteiger partial charge is 0.289 e. The van der Waals surface area contributed by atoms with Crippen LogP contribution in [0.4, 0.5) is 0 Å². The molecule has 0 radical (unpaired) electrons. The van der Waals surface area contributed by atoms with E-state index in [-0.39, 0.29) is 5.91 Å². The van der Waals surface area contributed by atoms with E-state index in [1.807, 2.05) is 18.2 Å². The molecular formula is C20H22ClNO4. The van der Waals surface area contributed by atoms with E-state index in [4.69, 9.17) is 20.8 Å². The van der Waals surface area contributed by atoms with Gasteiger partial charge < -0.3 is 19.2 Å². The first-order valence-corrected chi connectivity index (χ1v) is 9.43. The van der Waals surface area contributed by atoms with Crippen molar-refractivity contribution >= 4 is 17.5 Å². The molecule has 1 spiro atoms. The van der Waals surface area contributed by atoms with Crippen LogP contribution in [0.1, 0.15) is 36.2 Å². The van der Waals surface area contributed by atoms with Gasteiger partial charge in [0.05, 0.1) is 16.7 Å². The minimum atomic E-state index is -0.485. The molecule has 1 unspecified atom stereocenters. The molecule has 2 saturated heterocycles. The highest BCUT2D eigenvalue weighted by atomic mass is 35.5. The summed E-state index contributed by atoms with van der Waals surface area (Å²) in [6, 6.07) is 10.9. The van der Waals surface area contributed by atoms with Crippen LogP contribution in [-0.4, -0.2) is 47.3 Å². The number of likely N-dealkylation sites (tertiary alicyclic amines) is 1. The van der Waals surface area contributed by atoms with Gasteiger partial charge in [0.15, 0.2) is 5.76 Å². The molecule has 0 bridgehead atoms. The molecule has 1 aromatic carbocycles. The number of hydrogen-bond donors (Lipinski definition) is 1. The predicted molar refractivity (Wildman–Crippen MR) is 98.2 cm³/mol. The molecule has 26 heavy (non-hydrogen) atoms. The van der Waals surface area contributed by atoms with E-state index < -0.39 is 11.7 Å². The van der Waals surface area contributed by atoms with Gasteiger partial charge in [-0.15, -0.1) is 0 Å². The number of furan rings is 1. The number of nitrogens with zero attached hydrogens (tertiary/aromatic N) is 1. The summed E-state index contributed by atoms with van der Waals surface area (Å²) in [4.78, 5) is 14.5. The van der Waals surface area contributed by atoms with Gasteiger partial charge in [0.1, 0.15) is 5.76 Å². The van der Waals surface area contributed by atoms with E-state index >= 15 is 0 Å².